The molecule has 0 aromatic carbocycles. The van der Waals surface area contributed by atoms with Crippen LogP contribution in [0.1, 0.15) is 6.42 Å². The van der Waals surface area contributed by atoms with Crippen LogP contribution >= 0.6 is 11.6 Å². The van der Waals surface area contributed by atoms with Crippen molar-refractivity contribution >= 4 is 17.3 Å². The van der Waals surface area contributed by atoms with Crippen LogP contribution in [-0.4, -0.2) is 43.1 Å². The Morgan fingerprint density at radius 1 is 1.47 bits per heavy atom. The number of hydrogen-bond acceptors (Lipinski definition) is 3. The maximum Gasteiger partial charge on any atom is 0.129 e. The SMILES string of the molecule is CN(C)[C@H]1CCN(c2ccc(Cl)nc2)C1. The zero-order valence-corrected chi connectivity index (χ0v) is 9.91. The number of hydrogen-bond donors (Lipinski definition) is 0. The molecule has 1 aromatic rings. The molecule has 4 heteroatoms. The minimum atomic E-state index is 0.558. The molecule has 15 heavy (non-hydrogen) atoms. The number of pyridine rings is 1. The van der Waals surface area contributed by atoms with Crippen LogP contribution in [0.25, 0.3) is 0 Å². The molecule has 0 saturated carbocycles. The van der Waals surface area contributed by atoms with E-state index in [4.69, 9.17) is 11.6 Å². The van der Waals surface area contributed by atoms with Gasteiger partial charge in [0.2, 0.25) is 0 Å². The van der Waals surface area contributed by atoms with Gasteiger partial charge in [0.1, 0.15) is 5.15 Å². The molecular weight excluding hydrogens is 210 g/mol. The molecule has 2 rings (SSSR count). The summed E-state index contributed by atoms with van der Waals surface area (Å²) in [6.07, 6.45) is 3.07. The van der Waals surface area contributed by atoms with Crippen LogP contribution in [0.2, 0.25) is 5.15 Å². The maximum absolute atomic E-state index is 5.76. The summed E-state index contributed by atoms with van der Waals surface area (Å²) in [5, 5.41) is 0.558. The van der Waals surface area contributed by atoms with Crippen molar-refractivity contribution in [2.24, 2.45) is 0 Å². The number of rotatable bonds is 2. The van der Waals surface area contributed by atoms with E-state index in [-0.39, 0.29) is 0 Å². The Kier molecular flexibility index (Phi) is 3.12. The molecule has 1 saturated heterocycles. The first-order chi connectivity index (χ1) is 7.16. The van der Waals surface area contributed by atoms with Crippen molar-refractivity contribution in [2.45, 2.75) is 12.5 Å². The molecule has 0 radical (unpaired) electrons. The summed E-state index contributed by atoms with van der Waals surface area (Å²) in [5.74, 6) is 0. The monoisotopic (exact) mass is 225 g/mol. The summed E-state index contributed by atoms with van der Waals surface area (Å²) in [5.41, 5.74) is 1.17. The van der Waals surface area contributed by atoms with Crippen LogP contribution in [0, 0.1) is 0 Å². The van der Waals surface area contributed by atoms with Crippen molar-refractivity contribution < 1.29 is 0 Å². The molecule has 0 N–H and O–H groups in total. The Hall–Kier alpha value is -0.800. The van der Waals surface area contributed by atoms with Crippen LogP contribution < -0.4 is 4.90 Å². The standard InChI is InChI=1S/C11H16ClN3/c1-14(2)10-5-6-15(8-10)9-3-4-11(12)13-7-9/h3-4,7,10H,5-6,8H2,1-2H3/t10-/m0/s1. The average Bonchev–Trinajstić information content (AvgIpc) is 2.68. The smallest absolute Gasteiger partial charge is 0.129 e. The molecule has 1 aromatic heterocycles. The van der Waals surface area contributed by atoms with Gasteiger partial charge in [0.05, 0.1) is 11.9 Å². The Bertz CT molecular complexity index is 323. The quantitative estimate of drug-likeness (QED) is 0.717. The van der Waals surface area contributed by atoms with Crippen molar-refractivity contribution in [3.05, 3.63) is 23.5 Å². The molecule has 0 spiro atoms. The average molecular weight is 226 g/mol. The van der Waals surface area contributed by atoms with Gasteiger partial charge in [0.25, 0.3) is 0 Å². The van der Waals surface area contributed by atoms with Gasteiger partial charge >= 0.3 is 0 Å². The lowest BCUT2D eigenvalue weighted by atomic mass is 10.2. The molecule has 1 aliphatic heterocycles. The molecule has 3 nitrogen and oxygen atoms in total. The summed E-state index contributed by atoms with van der Waals surface area (Å²) in [4.78, 5) is 8.74. The van der Waals surface area contributed by atoms with Crippen LogP contribution in [0.3, 0.4) is 0 Å². The van der Waals surface area contributed by atoms with Crippen molar-refractivity contribution in [1.29, 1.82) is 0 Å². The molecule has 2 heterocycles. The number of likely N-dealkylation sites (N-methyl/N-ethyl adjacent to an activating group) is 1. The van der Waals surface area contributed by atoms with Crippen LogP contribution in [0.15, 0.2) is 18.3 Å². The zero-order chi connectivity index (χ0) is 10.8. The summed E-state index contributed by atoms with van der Waals surface area (Å²) >= 11 is 5.76. The summed E-state index contributed by atoms with van der Waals surface area (Å²) in [7, 11) is 4.27. The topological polar surface area (TPSA) is 19.4 Å². The van der Waals surface area contributed by atoms with Crippen molar-refractivity contribution in [1.82, 2.24) is 9.88 Å². The van der Waals surface area contributed by atoms with Crippen molar-refractivity contribution in [3.63, 3.8) is 0 Å². The van der Waals surface area contributed by atoms with E-state index in [1.54, 1.807) is 0 Å². The molecule has 1 atom stereocenters. The lowest BCUT2D eigenvalue weighted by molar-refractivity contribution is 0.315. The van der Waals surface area contributed by atoms with Gasteiger partial charge in [-0.3, -0.25) is 0 Å². The van der Waals surface area contributed by atoms with Gasteiger partial charge < -0.3 is 9.80 Å². The Balaban J connectivity index is 2.04. The van der Waals surface area contributed by atoms with Crippen molar-refractivity contribution in [2.75, 3.05) is 32.1 Å². The zero-order valence-electron chi connectivity index (χ0n) is 9.15. The van der Waals surface area contributed by atoms with Gasteiger partial charge in [-0.05, 0) is 32.6 Å². The van der Waals surface area contributed by atoms with Crippen molar-refractivity contribution in [3.8, 4) is 0 Å². The van der Waals surface area contributed by atoms with Gasteiger partial charge in [-0.15, -0.1) is 0 Å². The number of nitrogens with zero attached hydrogens (tertiary/aromatic N) is 3. The van der Waals surface area contributed by atoms with E-state index in [2.05, 4.69) is 28.9 Å². The van der Waals surface area contributed by atoms with E-state index in [1.165, 1.54) is 12.1 Å². The van der Waals surface area contributed by atoms with E-state index in [0.717, 1.165) is 13.1 Å². The van der Waals surface area contributed by atoms with E-state index >= 15 is 0 Å². The second-order valence-corrected chi connectivity index (χ2v) is 4.58. The first kappa shape index (κ1) is 10.7. The largest absolute Gasteiger partial charge is 0.369 e. The fourth-order valence-corrected chi connectivity index (χ4v) is 2.06. The number of aromatic nitrogens is 1. The first-order valence-corrected chi connectivity index (χ1v) is 5.57. The predicted molar refractivity (Wildman–Crippen MR) is 63.6 cm³/mol. The van der Waals surface area contributed by atoms with Gasteiger partial charge in [-0.1, -0.05) is 11.6 Å². The molecule has 82 valence electrons. The summed E-state index contributed by atoms with van der Waals surface area (Å²) in [6, 6.07) is 4.54. The molecule has 0 amide bonds. The highest BCUT2D eigenvalue weighted by Gasteiger charge is 2.23. The second kappa shape index (κ2) is 4.37. The van der Waals surface area contributed by atoms with Crippen LogP contribution in [-0.2, 0) is 0 Å². The predicted octanol–water partition coefficient (Wildman–Crippen LogP) is 1.88. The third kappa shape index (κ3) is 2.41. The normalized spacial score (nSPS) is 21.3. The number of anilines is 1. The first-order valence-electron chi connectivity index (χ1n) is 5.20. The number of halogens is 1. The lowest BCUT2D eigenvalue weighted by Gasteiger charge is -2.21. The maximum atomic E-state index is 5.76. The highest BCUT2D eigenvalue weighted by molar-refractivity contribution is 6.29. The fourth-order valence-electron chi connectivity index (χ4n) is 1.95. The molecule has 0 bridgehead atoms. The van der Waals surface area contributed by atoms with E-state index in [9.17, 15) is 0 Å². The van der Waals surface area contributed by atoms with Crippen LogP contribution in [0.4, 0.5) is 5.69 Å². The third-order valence-electron chi connectivity index (χ3n) is 2.97. The minimum Gasteiger partial charge on any atom is -0.369 e. The fraction of sp³-hybridized carbons (Fsp3) is 0.545. The summed E-state index contributed by atoms with van der Waals surface area (Å²) < 4.78 is 0. The Labute approximate surface area is 95.7 Å². The molecule has 1 fully saturated rings. The highest BCUT2D eigenvalue weighted by atomic mass is 35.5. The third-order valence-corrected chi connectivity index (χ3v) is 3.19. The van der Waals surface area contributed by atoms with Gasteiger partial charge in [0.15, 0.2) is 0 Å². The molecular formula is C11H16ClN3. The summed E-state index contributed by atoms with van der Waals surface area (Å²) in [6.45, 7) is 2.18. The van der Waals surface area contributed by atoms with Crippen LogP contribution in [0.5, 0.6) is 0 Å². The minimum absolute atomic E-state index is 0.558. The van der Waals surface area contributed by atoms with E-state index < -0.39 is 0 Å². The van der Waals surface area contributed by atoms with Gasteiger partial charge in [-0.2, -0.15) is 0 Å². The highest BCUT2D eigenvalue weighted by Crippen LogP contribution is 2.22. The second-order valence-electron chi connectivity index (χ2n) is 4.19. The van der Waals surface area contributed by atoms with Gasteiger partial charge in [0, 0.05) is 19.1 Å². The lowest BCUT2D eigenvalue weighted by Crippen LogP contribution is -2.31. The van der Waals surface area contributed by atoms with Gasteiger partial charge in [-0.25, -0.2) is 4.98 Å². The molecule has 0 aliphatic carbocycles. The Morgan fingerprint density at radius 2 is 2.27 bits per heavy atom. The molecule has 0 unspecified atom stereocenters. The van der Waals surface area contributed by atoms with E-state index in [0.29, 0.717) is 11.2 Å². The molecule has 1 aliphatic rings. The van der Waals surface area contributed by atoms with E-state index in [1.807, 2.05) is 18.3 Å². The Morgan fingerprint density at radius 3 is 2.80 bits per heavy atom.